The average molecular weight is 481 g/mol. The van der Waals surface area contributed by atoms with Gasteiger partial charge in [-0.1, -0.05) is 52.3 Å². The van der Waals surface area contributed by atoms with Crippen LogP contribution in [0, 0.1) is 17.7 Å². The van der Waals surface area contributed by atoms with Gasteiger partial charge in [-0.3, -0.25) is 9.00 Å². The van der Waals surface area contributed by atoms with Crippen LogP contribution in [0.4, 0.5) is 4.39 Å². The highest BCUT2D eigenvalue weighted by Gasteiger charge is 2.30. The number of benzene rings is 2. The number of carbonyl (C=O) groups excluding carboxylic acids is 1. The van der Waals surface area contributed by atoms with Gasteiger partial charge in [-0.2, -0.15) is 0 Å². The van der Waals surface area contributed by atoms with Gasteiger partial charge in [0.15, 0.2) is 5.76 Å². The van der Waals surface area contributed by atoms with E-state index in [9.17, 15) is 13.4 Å². The largest absolute Gasteiger partial charge is 0.441 e. The molecule has 0 unspecified atom stereocenters. The second-order valence-electron chi connectivity index (χ2n) is 8.92. The van der Waals surface area contributed by atoms with E-state index in [2.05, 4.69) is 24.0 Å². The predicted molar refractivity (Wildman–Crippen MR) is 133 cm³/mol. The van der Waals surface area contributed by atoms with Crippen LogP contribution in [0.1, 0.15) is 51.8 Å². The molecule has 2 heterocycles. The second kappa shape index (κ2) is 9.96. The molecule has 0 saturated carbocycles. The van der Waals surface area contributed by atoms with Crippen molar-refractivity contribution in [2.75, 3.05) is 25.6 Å². The standard InChI is InChI=1S/C27H29FN2O3S/c1-34(2,32)25-17-23(11-10-21-7-3-4-9-24(21)28)33-26(25)27(31)30-14-12-20(13-15-30)22-8-5-6-19(16-22)18-29/h3-9,16-17,20,34H,12-15,18,29H2,1-2H3. The van der Waals surface area contributed by atoms with Crippen molar-refractivity contribution in [3.8, 4) is 11.8 Å². The van der Waals surface area contributed by atoms with Gasteiger partial charge in [0.1, 0.15) is 5.82 Å². The Balaban J connectivity index is 1.54. The van der Waals surface area contributed by atoms with E-state index in [1.807, 2.05) is 12.1 Å². The summed E-state index contributed by atoms with van der Waals surface area (Å²) >= 11 is 0. The molecule has 178 valence electrons. The maximum Gasteiger partial charge on any atom is 0.290 e. The number of halogens is 1. The van der Waals surface area contributed by atoms with E-state index in [-0.39, 0.29) is 23.0 Å². The Morgan fingerprint density at radius 1 is 1.12 bits per heavy atom. The van der Waals surface area contributed by atoms with Crippen molar-refractivity contribution >= 4 is 15.8 Å². The monoisotopic (exact) mass is 480 g/mol. The van der Waals surface area contributed by atoms with Crippen LogP contribution in [-0.4, -0.2) is 40.6 Å². The minimum Gasteiger partial charge on any atom is -0.441 e. The van der Waals surface area contributed by atoms with Crippen LogP contribution in [0.5, 0.6) is 0 Å². The van der Waals surface area contributed by atoms with E-state index in [0.717, 1.165) is 18.4 Å². The summed E-state index contributed by atoms with van der Waals surface area (Å²) in [5.74, 6) is 5.40. The highest BCUT2D eigenvalue weighted by molar-refractivity contribution is 8.01. The zero-order chi connectivity index (χ0) is 24.3. The lowest BCUT2D eigenvalue weighted by molar-refractivity contribution is 0.0675. The highest BCUT2D eigenvalue weighted by atomic mass is 32.2. The first-order valence-electron chi connectivity index (χ1n) is 11.3. The van der Waals surface area contributed by atoms with Crippen LogP contribution in [0.25, 0.3) is 0 Å². The topological polar surface area (TPSA) is 76.5 Å². The minimum absolute atomic E-state index is 0.0646. The number of rotatable bonds is 4. The lowest BCUT2D eigenvalue weighted by Crippen LogP contribution is -2.38. The quantitative estimate of drug-likeness (QED) is 0.438. The highest BCUT2D eigenvalue weighted by Crippen LogP contribution is 2.31. The van der Waals surface area contributed by atoms with Gasteiger partial charge in [0.05, 0.1) is 10.5 Å². The summed E-state index contributed by atoms with van der Waals surface area (Å²) in [5, 5.41) is 0. The summed E-state index contributed by atoms with van der Waals surface area (Å²) in [6.45, 7) is 1.65. The summed E-state index contributed by atoms with van der Waals surface area (Å²) in [6.07, 6.45) is 4.84. The van der Waals surface area contributed by atoms with Gasteiger partial charge >= 0.3 is 0 Å². The molecule has 2 aromatic carbocycles. The van der Waals surface area contributed by atoms with Gasteiger partial charge < -0.3 is 15.1 Å². The average Bonchev–Trinajstić information content (AvgIpc) is 3.28. The Kier molecular flexibility index (Phi) is 7.01. The fourth-order valence-electron chi connectivity index (χ4n) is 4.22. The molecule has 1 aliphatic heterocycles. The number of likely N-dealkylation sites (tertiary alicyclic amines) is 1. The molecule has 0 atom stereocenters. The molecule has 0 spiro atoms. The third-order valence-electron chi connectivity index (χ3n) is 6.12. The number of hydrogen-bond acceptors (Lipinski definition) is 4. The summed E-state index contributed by atoms with van der Waals surface area (Å²) in [6, 6.07) is 16.0. The molecular formula is C27H29FN2O3S. The summed E-state index contributed by atoms with van der Waals surface area (Å²) in [4.78, 5) is 15.5. The maximum absolute atomic E-state index is 13.9. The first-order valence-corrected chi connectivity index (χ1v) is 13.9. The lowest BCUT2D eigenvalue weighted by Gasteiger charge is -2.32. The Hall–Kier alpha value is -3.21. The third kappa shape index (κ3) is 5.30. The molecule has 1 fully saturated rings. The minimum atomic E-state index is -2.81. The van der Waals surface area contributed by atoms with Crippen molar-refractivity contribution in [2.24, 2.45) is 5.73 Å². The molecule has 1 saturated heterocycles. The van der Waals surface area contributed by atoms with Gasteiger partial charge in [-0.15, -0.1) is 0 Å². The van der Waals surface area contributed by atoms with Gasteiger partial charge in [-0.25, -0.2) is 4.39 Å². The number of furan rings is 1. The van der Waals surface area contributed by atoms with Crippen molar-refractivity contribution in [3.05, 3.63) is 88.6 Å². The smallest absolute Gasteiger partial charge is 0.290 e. The Labute approximate surface area is 200 Å². The number of thiol groups is 1. The SMILES string of the molecule is C[SH](C)(=O)c1cc(C#Cc2ccccc2F)oc1C(=O)N1CCC(c2cccc(CN)c2)CC1. The molecule has 34 heavy (non-hydrogen) atoms. The first-order chi connectivity index (χ1) is 16.3. The number of piperidine rings is 1. The van der Waals surface area contributed by atoms with Crippen LogP contribution in [0.3, 0.4) is 0 Å². The van der Waals surface area contributed by atoms with Crippen LogP contribution >= 0.6 is 0 Å². The summed E-state index contributed by atoms with van der Waals surface area (Å²) in [7, 11) is -2.81. The normalized spacial score (nSPS) is 15.0. The zero-order valence-electron chi connectivity index (χ0n) is 19.4. The number of nitrogens with two attached hydrogens (primary N) is 1. The van der Waals surface area contributed by atoms with Crippen LogP contribution in [0.15, 0.2) is 63.9 Å². The Morgan fingerprint density at radius 2 is 1.85 bits per heavy atom. The van der Waals surface area contributed by atoms with Crippen molar-refractivity contribution in [1.82, 2.24) is 4.90 Å². The second-order valence-corrected chi connectivity index (χ2v) is 12.1. The maximum atomic E-state index is 13.9. The van der Waals surface area contributed by atoms with E-state index < -0.39 is 15.7 Å². The molecule has 0 bridgehead atoms. The van der Waals surface area contributed by atoms with Crippen molar-refractivity contribution in [1.29, 1.82) is 0 Å². The fraction of sp³-hybridized carbons (Fsp3) is 0.296. The molecule has 1 amide bonds. The lowest BCUT2D eigenvalue weighted by atomic mass is 9.88. The van der Waals surface area contributed by atoms with E-state index in [0.29, 0.717) is 30.4 Å². The van der Waals surface area contributed by atoms with Gasteiger partial charge in [0.2, 0.25) is 5.76 Å². The van der Waals surface area contributed by atoms with Crippen molar-refractivity contribution in [2.45, 2.75) is 30.2 Å². The molecule has 0 radical (unpaired) electrons. The van der Waals surface area contributed by atoms with Crippen LogP contribution in [0.2, 0.25) is 0 Å². The van der Waals surface area contributed by atoms with Crippen molar-refractivity contribution < 1.29 is 17.8 Å². The fourth-order valence-corrected chi connectivity index (χ4v) is 5.28. The molecular weight excluding hydrogens is 451 g/mol. The molecule has 4 rings (SSSR count). The summed E-state index contributed by atoms with van der Waals surface area (Å²) < 4.78 is 32.6. The van der Waals surface area contributed by atoms with Crippen LogP contribution < -0.4 is 5.73 Å². The van der Waals surface area contributed by atoms with E-state index in [1.54, 1.807) is 41.7 Å². The van der Waals surface area contributed by atoms with Gasteiger partial charge in [0, 0.05) is 25.7 Å². The molecule has 5 nitrogen and oxygen atoms in total. The molecule has 1 aromatic heterocycles. The van der Waals surface area contributed by atoms with Crippen LogP contribution in [-0.2, 0) is 16.5 Å². The number of carbonyl (C=O) groups is 1. The van der Waals surface area contributed by atoms with E-state index in [1.165, 1.54) is 11.6 Å². The van der Waals surface area contributed by atoms with E-state index >= 15 is 0 Å². The summed E-state index contributed by atoms with van der Waals surface area (Å²) in [5.41, 5.74) is 8.34. The number of hydrogen-bond donors (Lipinski definition) is 2. The van der Waals surface area contributed by atoms with Gasteiger partial charge in [-0.05, 0) is 60.5 Å². The molecule has 1 aliphatic rings. The van der Waals surface area contributed by atoms with E-state index in [4.69, 9.17) is 10.2 Å². The molecule has 7 heteroatoms. The molecule has 0 aliphatic carbocycles. The van der Waals surface area contributed by atoms with Crippen molar-refractivity contribution in [3.63, 3.8) is 0 Å². The number of amides is 1. The Bertz CT molecular complexity index is 1310. The zero-order valence-corrected chi connectivity index (χ0v) is 20.3. The number of nitrogens with zero attached hydrogens (tertiary/aromatic N) is 1. The Morgan fingerprint density at radius 3 is 2.53 bits per heavy atom. The molecule has 3 aromatic rings. The predicted octanol–water partition coefficient (Wildman–Crippen LogP) is 3.93. The third-order valence-corrected chi connectivity index (χ3v) is 7.61. The first kappa shape index (κ1) is 23.9. The van der Waals surface area contributed by atoms with Gasteiger partial charge in [0.25, 0.3) is 5.91 Å². The molecule has 2 N–H and O–H groups in total.